The molecule has 6 heteroatoms. The van der Waals surface area contributed by atoms with Crippen molar-refractivity contribution >= 4 is 23.5 Å². The summed E-state index contributed by atoms with van der Waals surface area (Å²) in [5, 5.41) is 7.43. The van der Waals surface area contributed by atoms with Crippen molar-refractivity contribution in [1.82, 2.24) is 10.7 Å². The predicted octanol–water partition coefficient (Wildman–Crippen LogP) is 1.14. The first kappa shape index (κ1) is 14.4. The summed E-state index contributed by atoms with van der Waals surface area (Å²) in [7, 11) is 3.27. The highest BCUT2D eigenvalue weighted by Crippen LogP contribution is 2.09. The van der Waals surface area contributed by atoms with Gasteiger partial charge in [-0.05, 0) is 42.0 Å². The molecule has 98 valence electrons. The van der Waals surface area contributed by atoms with Gasteiger partial charge in [0.1, 0.15) is 5.75 Å². The van der Waals surface area contributed by atoms with E-state index in [4.69, 9.17) is 21.7 Å². The number of nitrogens with one attached hydrogen (secondary N) is 2. The number of hydrogen-bond donors (Lipinski definition) is 2. The minimum atomic E-state index is 0.469. The van der Waals surface area contributed by atoms with Gasteiger partial charge in [0.2, 0.25) is 0 Å². The molecule has 0 aliphatic heterocycles. The molecule has 0 aliphatic rings. The molecule has 1 aromatic rings. The van der Waals surface area contributed by atoms with Crippen LogP contribution in [0.25, 0.3) is 0 Å². The molecule has 0 heterocycles. The van der Waals surface area contributed by atoms with Crippen LogP contribution in [0, 0.1) is 0 Å². The number of hydrazone groups is 1. The predicted molar refractivity (Wildman–Crippen MR) is 76.2 cm³/mol. The second-order valence-corrected chi connectivity index (χ2v) is 3.80. The Labute approximate surface area is 112 Å². The van der Waals surface area contributed by atoms with Crippen molar-refractivity contribution in [3.05, 3.63) is 29.8 Å². The molecule has 1 aromatic carbocycles. The van der Waals surface area contributed by atoms with Crippen LogP contribution < -0.4 is 15.5 Å². The number of methoxy groups -OCH3 is 2. The van der Waals surface area contributed by atoms with Crippen molar-refractivity contribution in [1.29, 1.82) is 0 Å². The van der Waals surface area contributed by atoms with E-state index < -0.39 is 0 Å². The fourth-order valence-electron chi connectivity index (χ4n) is 1.16. The van der Waals surface area contributed by atoms with Gasteiger partial charge < -0.3 is 14.8 Å². The molecule has 0 unspecified atom stereocenters. The number of hydrogen-bond acceptors (Lipinski definition) is 4. The van der Waals surface area contributed by atoms with Crippen LogP contribution in [0.2, 0.25) is 0 Å². The molecule has 0 atom stereocenters. The molecule has 0 spiro atoms. The lowest BCUT2D eigenvalue weighted by atomic mass is 10.2. The van der Waals surface area contributed by atoms with Crippen LogP contribution in [0.1, 0.15) is 5.56 Å². The van der Waals surface area contributed by atoms with E-state index in [1.807, 2.05) is 24.3 Å². The standard InChI is InChI=1S/C12H17N3O2S/c1-16-8-7-13-12(18)15-14-9-10-3-5-11(17-2)6-4-10/h3-6,9H,7-8H2,1-2H3,(H2,13,15,18)/b14-9-. The van der Waals surface area contributed by atoms with Gasteiger partial charge >= 0.3 is 0 Å². The molecule has 0 saturated carbocycles. The van der Waals surface area contributed by atoms with Crippen LogP contribution in [0.5, 0.6) is 5.75 Å². The maximum Gasteiger partial charge on any atom is 0.187 e. The summed E-state index contributed by atoms with van der Waals surface area (Å²) in [4.78, 5) is 0. The van der Waals surface area contributed by atoms with E-state index >= 15 is 0 Å². The van der Waals surface area contributed by atoms with Crippen LogP contribution in [0.3, 0.4) is 0 Å². The molecule has 1 rings (SSSR count). The zero-order valence-corrected chi connectivity index (χ0v) is 11.3. The zero-order chi connectivity index (χ0) is 13.2. The number of nitrogens with zero attached hydrogens (tertiary/aromatic N) is 1. The summed E-state index contributed by atoms with van der Waals surface area (Å²) in [6.45, 7) is 1.25. The van der Waals surface area contributed by atoms with E-state index in [2.05, 4.69) is 15.8 Å². The van der Waals surface area contributed by atoms with Crippen LogP contribution in [-0.2, 0) is 4.74 Å². The fraction of sp³-hybridized carbons (Fsp3) is 0.333. The smallest absolute Gasteiger partial charge is 0.187 e. The Kier molecular flexibility index (Phi) is 6.75. The van der Waals surface area contributed by atoms with Crippen molar-refractivity contribution < 1.29 is 9.47 Å². The van der Waals surface area contributed by atoms with Crippen LogP contribution >= 0.6 is 12.2 Å². The van der Waals surface area contributed by atoms with E-state index in [0.717, 1.165) is 11.3 Å². The Balaban J connectivity index is 2.32. The Morgan fingerprint density at radius 2 is 2.06 bits per heavy atom. The van der Waals surface area contributed by atoms with Gasteiger partial charge in [-0.3, -0.25) is 5.43 Å². The summed E-state index contributed by atoms with van der Waals surface area (Å²) in [5.74, 6) is 0.817. The fourth-order valence-corrected chi connectivity index (χ4v) is 1.32. The summed E-state index contributed by atoms with van der Waals surface area (Å²) in [5.41, 5.74) is 3.68. The maximum absolute atomic E-state index is 5.06. The van der Waals surface area contributed by atoms with Crippen LogP contribution in [-0.4, -0.2) is 38.7 Å². The molecule has 0 aliphatic carbocycles. The van der Waals surface area contributed by atoms with Crippen molar-refractivity contribution in [2.45, 2.75) is 0 Å². The highest BCUT2D eigenvalue weighted by molar-refractivity contribution is 7.80. The first-order valence-corrected chi connectivity index (χ1v) is 5.87. The highest BCUT2D eigenvalue weighted by atomic mass is 32.1. The van der Waals surface area contributed by atoms with Crippen LogP contribution in [0.15, 0.2) is 29.4 Å². The molecule has 0 bridgehead atoms. The second-order valence-electron chi connectivity index (χ2n) is 3.39. The van der Waals surface area contributed by atoms with E-state index in [0.29, 0.717) is 18.3 Å². The SMILES string of the molecule is COCCNC(=S)N/N=C\c1ccc(OC)cc1. The third kappa shape index (κ3) is 5.60. The molecule has 18 heavy (non-hydrogen) atoms. The molecule has 0 fully saturated rings. The number of rotatable bonds is 6. The van der Waals surface area contributed by atoms with E-state index in [9.17, 15) is 0 Å². The molecule has 0 radical (unpaired) electrons. The van der Waals surface area contributed by atoms with Gasteiger partial charge in [-0.1, -0.05) is 0 Å². The van der Waals surface area contributed by atoms with E-state index in [1.54, 1.807) is 20.4 Å². The number of ether oxygens (including phenoxy) is 2. The zero-order valence-electron chi connectivity index (χ0n) is 10.5. The molecule has 0 amide bonds. The largest absolute Gasteiger partial charge is 0.497 e. The van der Waals surface area contributed by atoms with Crippen molar-refractivity contribution in [2.75, 3.05) is 27.4 Å². The first-order chi connectivity index (χ1) is 8.76. The Morgan fingerprint density at radius 3 is 2.67 bits per heavy atom. The summed E-state index contributed by atoms with van der Waals surface area (Å²) in [6.07, 6.45) is 1.68. The minimum absolute atomic E-state index is 0.469. The Morgan fingerprint density at radius 1 is 1.33 bits per heavy atom. The molecular formula is C12H17N3O2S. The van der Waals surface area contributed by atoms with Gasteiger partial charge in [0.15, 0.2) is 5.11 Å². The van der Waals surface area contributed by atoms with Gasteiger partial charge in [0.05, 0.1) is 19.9 Å². The molecule has 0 saturated heterocycles. The molecule has 5 nitrogen and oxygen atoms in total. The van der Waals surface area contributed by atoms with E-state index in [1.165, 1.54) is 0 Å². The maximum atomic E-state index is 5.06. The van der Waals surface area contributed by atoms with E-state index in [-0.39, 0.29) is 0 Å². The first-order valence-electron chi connectivity index (χ1n) is 5.46. The quantitative estimate of drug-likeness (QED) is 0.350. The van der Waals surface area contributed by atoms with Crippen molar-refractivity contribution in [3.63, 3.8) is 0 Å². The molecule has 0 aromatic heterocycles. The van der Waals surface area contributed by atoms with Crippen molar-refractivity contribution in [3.8, 4) is 5.75 Å². The van der Waals surface area contributed by atoms with Crippen molar-refractivity contribution in [2.24, 2.45) is 5.10 Å². The highest BCUT2D eigenvalue weighted by Gasteiger charge is 1.92. The average Bonchev–Trinajstić information content (AvgIpc) is 2.40. The topological polar surface area (TPSA) is 54.9 Å². The van der Waals surface area contributed by atoms with Gasteiger partial charge in [-0.25, -0.2) is 0 Å². The summed E-state index contributed by atoms with van der Waals surface area (Å²) in [6, 6.07) is 7.56. The normalized spacial score (nSPS) is 10.3. The minimum Gasteiger partial charge on any atom is -0.497 e. The number of thiocarbonyl (C=S) groups is 1. The third-order valence-electron chi connectivity index (χ3n) is 2.09. The number of benzene rings is 1. The lowest BCUT2D eigenvalue weighted by Crippen LogP contribution is -2.34. The lowest BCUT2D eigenvalue weighted by molar-refractivity contribution is 0.204. The third-order valence-corrected chi connectivity index (χ3v) is 2.32. The molecular weight excluding hydrogens is 250 g/mol. The summed E-state index contributed by atoms with van der Waals surface area (Å²) < 4.78 is 9.95. The lowest BCUT2D eigenvalue weighted by Gasteiger charge is -2.05. The van der Waals surface area contributed by atoms with Gasteiger partial charge in [-0.15, -0.1) is 0 Å². The van der Waals surface area contributed by atoms with Gasteiger partial charge in [0.25, 0.3) is 0 Å². The Bertz CT molecular complexity index is 393. The monoisotopic (exact) mass is 267 g/mol. The summed E-state index contributed by atoms with van der Waals surface area (Å²) >= 11 is 5.01. The second kappa shape index (κ2) is 8.43. The van der Waals surface area contributed by atoms with Crippen LogP contribution in [0.4, 0.5) is 0 Å². The van der Waals surface area contributed by atoms with Gasteiger partial charge in [0, 0.05) is 13.7 Å². The Hall–Kier alpha value is -1.66. The van der Waals surface area contributed by atoms with Gasteiger partial charge in [-0.2, -0.15) is 5.10 Å². The average molecular weight is 267 g/mol. The molecule has 2 N–H and O–H groups in total.